The molecule has 1 aromatic heterocycles. The molecule has 0 saturated heterocycles. The summed E-state index contributed by atoms with van der Waals surface area (Å²) in [7, 11) is 0. The predicted octanol–water partition coefficient (Wildman–Crippen LogP) is 2.83. The minimum absolute atomic E-state index is 0.358. The number of halogens is 1. The lowest BCUT2D eigenvalue weighted by Gasteiger charge is -2.14. The summed E-state index contributed by atoms with van der Waals surface area (Å²) in [6.07, 6.45) is 2.72. The number of aromatic nitrogens is 2. The number of rotatable bonds is 6. The van der Waals surface area contributed by atoms with Gasteiger partial charge in [0.2, 0.25) is 0 Å². The highest BCUT2D eigenvalue weighted by Gasteiger charge is 2.27. The monoisotopic (exact) mass is 269 g/mol. The van der Waals surface area contributed by atoms with Crippen LogP contribution in [0.1, 0.15) is 44.9 Å². The molecule has 100 valence electrons. The normalized spacial score (nSPS) is 16.9. The minimum Gasteiger partial charge on any atom is -0.391 e. The molecule has 0 amide bonds. The highest BCUT2D eigenvalue weighted by atomic mass is 35.5. The van der Waals surface area contributed by atoms with E-state index in [0.29, 0.717) is 29.4 Å². The van der Waals surface area contributed by atoms with Crippen LogP contribution in [0.5, 0.6) is 0 Å². The van der Waals surface area contributed by atoms with E-state index in [1.54, 1.807) is 6.07 Å². The Hall–Kier alpha value is -0.870. The van der Waals surface area contributed by atoms with Crippen molar-refractivity contribution in [2.45, 2.75) is 45.1 Å². The Bertz CT molecular complexity index is 407. The summed E-state index contributed by atoms with van der Waals surface area (Å²) in [4.78, 5) is 8.65. The molecule has 0 aliphatic heterocycles. The van der Waals surface area contributed by atoms with E-state index in [4.69, 9.17) is 11.6 Å². The summed E-state index contributed by atoms with van der Waals surface area (Å²) >= 11 is 5.97. The first-order valence-electron chi connectivity index (χ1n) is 6.51. The lowest BCUT2D eigenvalue weighted by molar-refractivity contribution is 0.161. The van der Waals surface area contributed by atoms with E-state index >= 15 is 0 Å². The van der Waals surface area contributed by atoms with Gasteiger partial charge in [-0.05, 0) is 25.2 Å². The molecule has 1 saturated carbocycles. The summed E-state index contributed by atoms with van der Waals surface area (Å²) in [5.74, 6) is 2.49. The van der Waals surface area contributed by atoms with Crippen molar-refractivity contribution in [2.75, 3.05) is 11.9 Å². The van der Waals surface area contributed by atoms with E-state index in [2.05, 4.69) is 29.1 Å². The van der Waals surface area contributed by atoms with E-state index in [9.17, 15) is 5.11 Å². The number of nitrogens with one attached hydrogen (secondary N) is 1. The van der Waals surface area contributed by atoms with Crippen LogP contribution < -0.4 is 5.32 Å². The van der Waals surface area contributed by atoms with Crippen LogP contribution in [0.2, 0.25) is 5.15 Å². The highest BCUT2D eigenvalue weighted by molar-refractivity contribution is 6.29. The second-order valence-corrected chi connectivity index (χ2v) is 5.76. The maximum absolute atomic E-state index is 9.80. The van der Waals surface area contributed by atoms with Gasteiger partial charge in [-0.2, -0.15) is 0 Å². The molecule has 2 rings (SSSR count). The Morgan fingerprint density at radius 1 is 1.44 bits per heavy atom. The van der Waals surface area contributed by atoms with E-state index in [-0.39, 0.29) is 6.10 Å². The zero-order valence-corrected chi connectivity index (χ0v) is 11.6. The molecular formula is C13H20ClN3O. The van der Waals surface area contributed by atoms with Gasteiger partial charge < -0.3 is 10.4 Å². The fourth-order valence-corrected chi connectivity index (χ4v) is 2.09. The largest absolute Gasteiger partial charge is 0.391 e. The molecule has 1 heterocycles. The Balaban J connectivity index is 1.92. The Labute approximate surface area is 113 Å². The van der Waals surface area contributed by atoms with Crippen LogP contribution in [0, 0.1) is 5.92 Å². The molecule has 1 aliphatic rings. The number of hydrogen-bond donors (Lipinski definition) is 2. The summed E-state index contributed by atoms with van der Waals surface area (Å²) < 4.78 is 0. The third kappa shape index (κ3) is 4.10. The van der Waals surface area contributed by atoms with Crippen LogP contribution in [0.4, 0.5) is 5.82 Å². The van der Waals surface area contributed by atoms with Crippen molar-refractivity contribution in [1.82, 2.24) is 9.97 Å². The van der Waals surface area contributed by atoms with Crippen LogP contribution in [0.25, 0.3) is 0 Å². The lowest BCUT2D eigenvalue weighted by Crippen LogP contribution is -2.21. The summed E-state index contributed by atoms with van der Waals surface area (Å²) in [6, 6.07) is 1.70. The van der Waals surface area contributed by atoms with Crippen LogP contribution in [-0.4, -0.2) is 27.7 Å². The molecule has 4 nitrogen and oxygen atoms in total. The summed E-state index contributed by atoms with van der Waals surface area (Å²) in [5.41, 5.74) is 0. The van der Waals surface area contributed by atoms with Gasteiger partial charge in [-0.3, -0.25) is 0 Å². The first-order chi connectivity index (χ1) is 8.54. The molecule has 0 bridgehead atoms. The quantitative estimate of drug-likeness (QED) is 0.780. The number of aliphatic hydroxyl groups excluding tert-OH is 1. The maximum atomic E-state index is 9.80. The number of hydrogen-bond acceptors (Lipinski definition) is 4. The Kier molecular flexibility index (Phi) is 4.40. The first-order valence-corrected chi connectivity index (χ1v) is 6.89. The molecule has 1 aliphatic carbocycles. The van der Waals surface area contributed by atoms with Gasteiger partial charge in [0.05, 0.1) is 6.10 Å². The van der Waals surface area contributed by atoms with Crippen molar-refractivity contribution in [1.29, 1.82) is 0 Å². The van der Waals surface area contributed by atoms with E-state index in [0.717, 1.165) is 25.1 Å². The number of nitrogens with zero attached hydrogens (tertiary/aromatic N) is 2. The first kappa shape index (κ1) is 13.6. The van der Waals surface area contributed by atoms with Gasteiger partial charge in [0.25, 0.3) is 0 Å². The average Bonchev–Trinajstić information content (AvgIpc) is 3.08. The lowest BCUT2D eigenvalue weighted by atomic mass is 10.1. The van der Waals surface area contributed by atoms with Gasteiger partial charge in [-0.1, -0.05) is 25.4 Å². The zero-order valence-electron chi connectivity index (χ0n) is 10.9. The van der Waals surface area contributed by atoms with Crippen LogP contribution in [0.15, 0.2) is 6.07 Å². The van der Waals surface area contributed by atoms with Gasteiger partial charge in [0.15, 0.2) is 0 Å². The number of aliphatic hydroxyl groups is 1. The molecule has 0 radical (unpaired) electrons. The van der Waals surface area contributed by atoms with Crippen molar-refractivity contribution in [3.05, 3.63) is 17.0 Å². The third-order valence-electron chi connectivity index (χ3n) is 2.92. The Morgan fingerprint density at radius 3 is 2.78 bits per heavy atom. The van der Waals surface area contributed by atoms with Crippen molar-refractivity contribution in [3.63, 3.8) is 0 Å². The SMILES string of the molecule is CC(C)CC(O)CNc1cc(Cl)nc(C2CC2)n1. The van der Waals surface area contributed by atoms with Crippen molar-refractivity contribution >= 4 is 17.4 Å². The minimum atomic E-state index is -0.358. The second-order valence-electron chi connectivity index (χ2n) is 5.37. The van der Waals surface area contributed by atoms with Crippen molar-refractivity contribution in [2.24, 2.45) is 5.92 Å². The van der Waals surface area contributed by atoms with Crippen molar-refractivity contribution in [3.8, 4) is 0 Å². The molecule has 2 N–H and O–H groups in total. The summed E-state index contributed by atoms with van der Waals surface area (Å²) in [6.45, 7) is 4.68. The van der Waals surface area contributed by atoms with Crippen LogP contribution in [0.3, 0.4) is 0 Å². The highest BCUT2D eigenvalue weighted by Crippen LogP contribution is 2.38. The van der Waals surface area contributed by atoms with Crippen LogP contribution >= 0.6 is 11.6 Å². The molecule has 1 fully saturated rings. The predicted molar refractivity (Wildman–Crippen MR) is 73.0 cm³/mol. The topological polar surface area (TPSA) is 58.0 Å². The fourth-order valence-electron chi connectivity index (χ4n) is 1.90. The molecule has 18 heavy (non-hydrogen) atoms. The van der Waals surface area contributed by atoms with E-state index < -0.39 is 0 Å². The summed E-state index contributed by atoms with van der Waals surface area (Å²) in [5, 5.41) is 13.4. The molecular weight excluding hydrogens is 250 g/mol. The van der Waals surface area contributed by atoms with Gasteiger partial charge in [-0.25, -0.2) is 9.97 Å². The van der Waals surface area contributed by atoms with Gasteiger partial charge in [0.1, 0.15) is 16.8 Å². The zero-order chi connectivity index (χ0) is 13.1. The molecule has 0 spiro atoms. The average molecular weight is 270 g/mol. The molecule has 5 heteroatoms. The second kappa shape index (κ2) is 5.85. The van der Waals surface area contributed by atoms with Gasteiger partial charge in [-0.15, -0.1) is 0 Å². The molecule has 1 unspecified atom stereocenters. The smallest absolute Gasteiger partial charge is 0.135 e. The fraction of sp³-hybridized carbons (Fsp3) is 0.692. The Morgan fingerprint density at radius 2 is 2.17 bits per heavy atom. The number of anilines is 1. The maximum Gasteiger partial charge on any atom is 0.135 e. The standard InChI is InChI=1S/C13H20ClN3O/c1-8(2)5-10(18)7-15-12-6-11(14)16-13(17-12)9-3-4-9/h6,8-10,18H,3-5,7H2,1-2H3,(H,15,16,17). The van der Waals surface area contributed by atoms with Gasteiger partial charge >= 0.3 is 0 Å². The third-order valence-corrected chi connectivity index (χ3v) is 3.11. The molecule has 1 aromatic rings. The van der Waals surface area contributed by atoms with Gasteiger partial charge in [0, 0.05) is 18.5 Å². The molecule has 1 atom stereocenters. The van der Waals surface area contributed by atoms with E-state index in [1.807, 2.05) is 0 Å². The molecule has 0 aromatic carbocycles. The van der Waals surface area contributed by atoms with Crippen LogP contribution in [-0.2, 0) is 0 Å². The van der Waals surface area contributed by atoms with Crippen molar-refractivity contribution < 1.29 is 5.11 Å². The van der Waals surface area contributed by atoms with E-state index in [1.165, 1.54) is 0 Å².